The fourth-order valence-electron chi connectivity index (χ4n) is 4.25. The lowest BCUT2D eigenvalue weighted by Crippen LogP contribution is -1.89. The molecule has 0 aliphatic rings. The minimum atomic E-state index is 0.0269. The summed E-state index contributed by atoms with van der Waals surface area (Å²) in [5.74, 6) is 0.0909. The average Bonchev–Trinajstić information content (AvgIpc) is 2.74. The molecule has 0 amide bonds. The number of unbranched alkanes of at least 4 members (excludes halogenated alkanes) is 14. The van der Waals surface area contributed by atoms with Gasteiger partial charge in [0.1, 0.15) is 0 Å². The third-order valence-electron chi connectivity index (χ3n) is 6.12. The van der Waals surface area contributed by atoms with E-state index in [-0.39, 0.29) is 11.5 Å². The Kier molecular flexibility index (Phi) is 11.6. The van der Waals surface area contributed by atoms with Gasteiger partial charge in [-0.2, -0.15) is 0 Å². The molecule has 0 spiro atoms. The first-order chi connectivity index (χ1) is 14.2. The zero-order valence-corrected chi connectivity index (χ0v) is 18.6. The molecule has 0 aliphatic carbocycles. The first kappa shape index (κ1) is 23.6. The minimum Gasteiger partial charge on any atom is -0.504 e. The van der Waals surface area contributed by atoms with Crippen molar-refractivity contribution in [1.29, 1.82) is 0 Å². The number of phenols is 2. The summed E-state index contributed by atoms with van der Waals surface area (Å²) in [5, 5.41) is 22.2. The molecule has 0 atom stereocenters. The Labute approximate surface area is 178 Å². The van der Waals surface area contributed by atoms with E-state index in [0.717, 1.165) is 29.2 Å². The molecule has 0 aliphatic heterocycles. The van der Waals surface area contributed by atoms with Crippen molar-refractivity contribution < 1.29 is 10.2 Å². The zero-order chi connectivity index (χ0) is 20.7. The van der Waals surface area contributed by atoms with Crippen molar-refractivity contribution in [3.05, 3.63) is 35.9 Å². The lowest BCUT2D eigenvalue weighted by molar-refractivity contribution is 0.403. The molecule has 162 valence electrons. The van der Waals surface area contributed by atoms with Crippen molar-refractivity contribution in [3.8, 4) is 11.5 Å². The molecule has 0 bridgehead atoms. The molecule has 0 saturated heterocycles. The molecule has 0 heterocycles. The van der Waals surface area contributed by atoms with E-state index in [0.29, 0.717) is 0 Å². The van der Waals surface area contributed by atoms with Gasteiger partial charge >= 0.3 is 0 Å². The van der Waals surface area contributed by atoms with Crippen LogP contribution in [0.5, 0.6) is 11.5 Å². The first-order valence-electron chi connectivity index (χ1n) is 12.2. The molecule has 0 saturated carbocycles. The summed E-state index contributed by atoms with van der Waals surface area (Å²) < 4.78 is 0. The predicted molar refractivity (Wildman–Crippen MR) is 126 cm³/mol. The van der Waals surface area contributed by atoms with Crippen LogP contribution < -0.4 is 0 Å². The third kappa shape index (κ3) is 8.68. The fourth-order valence-corrected chi connectivity index (χ4v) is 4.25. The van der Waals surface area contributed by atoms with E-state index in [9.17, 15) is 10.2 Å². The smallest absolute Gasteiger partial charge is 0.165 e. The van der Waals surface area contributed by atoms with Crippen LogP contribution in [-0.2, 0) is 6.42 Å². The third-order valence-corrected chi connectivity index (χ3v) is 6.12. The van der Waals surface area contributed by atoms with Gasteiger partial charge in [0.15, 0.2) is 11.5 Å². The van der Waals surface area contributed by atoms with E-state index in [4.69, 9.17) is 0 Å². The molecular formula is C27H42O2. The molecule has 0 aromatic heterocycles. The quantitative estimate of drug-likeness (QED) is 0.219. The predicted octanol–water partition coefficient (Wildman–Crippen LogP) is 8.66. The average molecular weight is 399 g/mol. The lowest BCUT2D eigenvalue weighted by atomic mass is 9.99. The van der Waals surface area contributed by atoms with E-state index >= 15 is 0 Å². The Morgan fingerprint density at radius 3 is 1.62 bits per heavy atom. The van der Waals surface area contributed by atoms with Crippen LogP contribution in [0.2, 0.25) is 0 Å². The van der Waals surface area contributed by atoms with E-state index in [1.165, 1.54) is 89.9 Å². The van der Waals surface area contributed by atoms with Gasteiger partial charge in [-0.05, 0) is 29.9 Å². The summed E-state index contributed by atoms with van der Waals surface area (Å²) in [6.45, 7) is 2.28. The number of fused-ring (bicyclic) bond motifs is 1. The normalized spacial score (nSPS) is 11.3. The van der Waals surface area contributed by atoms with Gasteiger partial charge in [-0.3, -0.25) is 0 Å². The van der Waals surface area contributed by atoms with E-state index < -0.39 is 0 Å². The van der Waals surface area contributed by atoms with Crippen molar-refractivity contribution in [3.63, 3.8) is 0 Å². The standard InChI is InChI=1S/C27H42O2/c1-2-3-4-5-6-7-8-9-10-11-12-13-14-15-16-20-24-22-23-19-17-18-21-25(23)27(29)26(24)28/h17-19,21-22,28-29H,2-16,20H2,1H3. The molecule has 2 aromatic carbocycles. The van der Waals surface area contributed by atoms with Gasteiger partial charge in [0.2, 0.25) is 0 Å². The molecule has 2 aromatic rings. The van der Waals surface area contributed by atoms with Crippen molar-refractivity contribution >= 4 is 10.8 Å². The van der Waals surface area contributed by atoms with Crippen LogP contribution in [-0.4, -0.2) is 10.2 Å². The number of benzene rings is 2. The van der Waals surface area contributed by atoms with Gasteiger partial charge in [-0.15, -0.1) is 0 Å². The van der Waals surface area contributed by atoms with Crippen LogP contribution in [0.3, 0.4) is 0 Å². The zero-order valence-electron chi connectivity index (χ0n) is 18.6. The fraction of sp³-hybridized carbons (Fsp3) is 0.630. The Bertz CT molecular complexity index is 692. The monoisotopic (exact) mass is 398 g/mol. The summed E-state index contributed by atoms with van der Waals surface area (Å²) in [7, 11) is 0. The molecule has 2 nitrogen and oxygen atoms in total. The maximum Gasteiger partial charge on any atom is 0.165 e. The first-order valence-corrected chi connectivity index (χ1v) is 12.2. The van der Waals surface area contributed by atoms with Crippen LogP contribution in [0.1, 0.15) is 109 Å². The van der Waals surface area contributed by atoms with Gasteiger partial charge in [0.25, 0.3) is 0 Å². The largest absolute Gasteiger partial charge is 0.504 e. The molecule has 0 unspecified atom stereocenters. The van der Waals surface area contributed by atoms with Crippen LogP contribution in [0.4, 0.5) is 0 Å². The van der Waals surface area contributed by atoms with E-state index in [1.54, 1.807) is 0 Å². The number of aryl methyl sites for hydroxylation is 1. The molecule has 2 N–H and O–H groups in total. The summed E-state index contributed by atoms with van der Waals surface area (Å²) in [4.78, 5) is 0. The number of hydrogen-bond donors (Lipinski definition) is 2. The molecule has 0 radical (unpaired) electrons. The highest BCUT2D eigenvalue weighted by molar-refractivity contribution is 5.91. The van der Waals surface area contributed by atoms with Crippen LogP contribution in [0, 0.1) is 0 Å². The Hall–Kier alpha value is -1.70. The molecular weight excluding hydrogens is 356 g/mol. The van der Waals surface area contributed by atoms with Gasteiger partial charge in [-0.25, -0.2) is 0 Å². The highest BCUT2D eigenvalue weighted by Gasteiger charge is 2.11. The number of phenolic OH excluding ortho intramolecular Hbond substituents is 2. The highest BCUT2D eigenvalue weighted by atomic mass is 16.3. The topological polar surface area (TPSA) is 40.5 Å². The molecule has 2 heteroatoms. The highest BCUT2D eigenvalue weighted by Crippen LogP contribution is 2.37. The summed E-state index contributed by atoms with van der Waals surface area (Å²) >= 11 is 0. The second kappa shape index (κ2) is 14.3. The molecule has 29 heavy (non-hydrogen) atoms. The van der Waals surface area contributed by atoms with Crippen molar-refractivity contribution in [2.75, 3.05) is 0 Å². The summed E-state index contributed by atoms with van der Waals surface area (Å²) in [6, 6.07) is 9.71. The van der Waals surface area contributed by atoms with Crippen molar-refractivity contribution in [2.45, 2.75) is 110 Å². The summed E-state index contributed by atoms with van der Waals surface area (Å²) in [5.41, 5.74) is 0.871. The van der Waals surface area contributed by atoms with E-state index in [2.05, 4.69) is 6.92 Å². The summed E-state index contributed by atoms with van der Waals surface area (Å²) in [6.07, 6.45) is 21.2. The number of hydrogen-bond acceptors (Lipinski definition) is 2. The molecule has 0 fully saturated rings. The Balaban J connectivity index is 1.48. The van der Waals surface area contributed by atoms with Crippen LogP contribution in [0.15, 0.2) is 30.3 Å². The van der Waals surface area contributed by atoms with E-state index in [1.807, 2.05) is 30.3 Å². The Morgan fingerprint density at radius 2 is 1.07 bits per heavy atom. The van der Waals surface area contributed by atoms with Crippen molar-refractivity contribution in [1.82, 2.24) is 0 Å². The molecule has 2 rings (SSSR count). The van der Waals surface area contributed by atoms with Gasteiger partial charge in [-0.1, -0.05) is 121 Å². The van der Waals surface area contributed by atoms with Gasteiger partial charge < -0.3 is 10.2 Å². The Morgan fingerprint density at radius 1 is 0.586 bits per heavy atom. The lowest BCUT2D eigenvalue weighted by Gasteiger charge is -2.10. The second-order valence-corrected chi connectivity index (χ2v) is 8.65. The van der Waals surface area contributed by atoms with Crippen LogP contribution in [0.25, 0.3) is 10.8 Å². The number of rotatable bonds is 16. The SMILES string of the molecule is CCCCCCCCCCCCCCCCCc1cc2ccccc2c(O)c1O. The van der Waals surface area contributed by atoms with Crippen molar-refractivity contribution in [2.24, 2.45) is 0 Å². The number of aromatic hydroxyl groups is 2. The van der Waals surface area contributed by atoms with Crippen LogP contribution >= 0.6 is 0 Å². The second-order valence-electron chi connectivity index (χ2n) is 8.65. The van der Waals surface area contributed by atoms with Gasteiger partial charge in [0.05, 0.1) is 0 Å². The maximum atomic E-state index is 10.3. The maximum absolute atomic E-state index is 10.3. The minimum absolute atomic E-state index is 0.0269. The van der Waals surface area contributed by atoms with Gasteiger partial charge in [0, 0.05) is 5.39 Å².